The van der Waals surface area contributed by atoms with Gasteiger partial charge in [-0.25, -0.2) is 0 Å². The lowest BCUT2D eigenvalue weighted by Gasteiger charge is -2.30. The summed E-state index contributed by atoms with van der Waals surface area (Å²) in [5.41, 5.74) is 33.4. The summed E-state index contributed by atoms with van der Waals surface area (Å²) >= 11 is 0.790. The number of unbranched alkanes of at least 4 members (excludes halogenated alkanes) is 1. The molecule has 0 aromatic heterocycles. The van der Waals surface area contributed by atoms with Gasteiger partial charge in [-0.3, -0.25) is 102 Å². The summed E-state index contributed by atoms with van der Waals surface area (Å²) in [7, 11) is 0. The molecular weight excluding hydrogens is 1800 g/mol. The maximum absolute atomic E-state index is 15.1. The first-order chi connectivity index (χ1) is 63.1. The molecule has 3 aromatic carbocycles. The molecule has 0 fully saturated rings. The quantitative estimate of drug-likeness (QED) is 0.0142. The van der Waals surface area contributed by atoms with Gasteiger partial charge in [-0.05, 0) is 91.8 Å². The molecule has 0 bridgehead atoms. The zero-order chi connectivity index (χ0) is 101. The SMILES string of the molecule is CC[C@H](C)[C@H](NC(=O)[C@H](CCCNC(=N)N)NC(=O)[C@H](Cc1ccccc1)NC(=O)[C@H](CC(N)=O)NC(=O)[C@H](CO)NC(=O)[C@H](Cc1ccc(O)cc1)NC(C)=O)C(=O)N[C@@H](CCCCNC(=O)C(F)(F)F)C(=O)N[C@@H](CCCNC(=N)N)C(=O)N[C@@H](Cc1ccc(O)cc1)C(=O)N[C@@H](CO)C(=O)N[C@@H](CC(N)=O)C(=O)N[C@@H](CO)C(=O)N[C@@H](CO)C(=O)N[C@@H](CSCC(N)=O)C(N)=O. The number of primary amides is 4. The number of phenolic OH excluding ortho intramolecular Hbond substituents is 2. The Morgan fingerprint density at radius 3 is 1.00 bits per heavy atom. The van der Waals surface area contributed by atoms with Gasteiger partial charge >= 0.3 is 12.1 Å². The van der Waals surface area contributed by atoms with E-state index < -0.39 is 292 Å². The summed E-state index contributed by atoms with van der Waals surface area (Å²) in [6.45, 7) is -1.81. The largest absolute Gasteiger partial charge is 0.508 e. The Hall–Kier alpha value is -14.3. The third-order valence-electron chi connectivity index (χ3n) is 19.6. The van der Waals surface area contributed by atoms with Crippen LogP contribution in [-0.2, 0) is 110 Å². The van der Waals surface area contributed by atoms with Crippen molar-refractivity contribution in [2.24, 2.45) is 40.3 Å². The monoisotopic (exact) mass is 1920 g/mol. The molecule has 740 valence electrons. The number of halogens is 3. The van der Waals surface area contributed by atoms with Crippen LogP contribution in [0.4, 0.5) is 13.2 Å². The van der Waals surface area contributed by atoms with Crippen molar-refractivity contribution in [3.63, 3.8) is 0 Å². The van der Waals surface area contributed by atoms with Crippen LogP contribution in [0.3, 0.4) is 0 Å². The van der Waals surface area contributed by atoms with Crippen LogP contribution in [0.25, 0.3) is 0 Å². The molecule has 0 saturated carbocycles. The molecule has 0 aliphatic carbocycles. The van der Waals surface area contributed by atoms with Gasteiger partial charge in [0.1, 0.15) is 96.1 Å². The Bertz CT molecular complexity index is 4550. The van der Waals surface area contributed by atoms with Crippen LogP contribution in [0.5, 0.6) is 11.5 Å². The number of hydrogen-bond donors (Lipinski definition) is 31. The summed E-state index contributed by atoms with van der Waals surface area (Å²) in [4.78, 5) is 258. The average molecular weight is 1920 g/mol. The minimum Gasteiger partial charge on any atom is -0.508 e. The number of aliphatic hydroxyl groups is 4. The number of guanidine groups is 2. The molecule has 0 spiro atoms. The minimum atomic E-state index is -5.34. The Morgan fingerprint density at radius 1 is 0.366 bits per heavy atom. The van der Waals surface area contributed by atoms with Gasteiger partial charge in [-0.1, -0.05) is 74.9 Å². The number of rotatable bonds is 61. The van der Waals surface area contributed by atoms with Gasteiger partial charge in [0.25, 0.3) is 0 Å². The summed E-state index contributed by atoms with van der Waals surface area (Å²) in [5, 5.41) is 116. The molecule has 0 heterocycles. The smallest absolute Gasteiger partial charge is 0.471 e. The standard InChI is InChI=1S/C80H118F3N25O25S/c1-4-39(2)62(108-66(122)48(16-11-27-94-79(90)91)97-68(124)50(28-41-12-6-5-7-13-41)100-70(126)52(31-59(84)116)101-72(128)54(33-109)103-67(123)49(95-40(3)113)29-42-17-21-44(114)22-18-42)76(132)98-46(14-8-9-25-92-77(133)80(81,82)83)64(120)96-47(15-10-26-93-78(88)89)65(121)99-51(30-43-19-23-45(115)24-20-43)69(125)104-55(34-110)73(129)102-53(32-60(85)117)71(127)105-56(35-111)74(130)106-57(36-112)75(131)107-58(63(87)119)37-134-38-61(86)118/h5-7,12-13,17-24,39,46-58,62,109-112,114-115H,4,8-11,14-16,25-38H2,1-3H3,(H2,84,116)(H2,85,117)(H2,86,118)(H2,87,119)(H,92,133)(H,95,113)(H,96,120)(H,97,124)(H,98,132)(H,99,121)(H,100,126)(H,101,128)(H,102,129)(H,103,123)(H,104,125)(H,105,127)(H,106,130)(H,107,131)(H,108,122)(H4,88,89,93)(H4,90,91,94)/t39-,46-,47-,48-,49-,50-,51-,52-,53-,54-,55-,56-,57-,58-,62-/m0/s1. The van der Waals surface area contributed by atoms with Crippen LogP contribution in [0.15, 0.2) is 78.9 Å². The lowest BCUT2D eigenvalue weighted by Crippen LogP contribution is -2.62. The number of carbonyl (C=O) groups is 19. The third-order valence-corrected chi connectivity index (χ3v) is 20.7. The van der Waals surface area contributed by atoms with Gasteiger partial charge in [0.2, 0.25) is 106 Å². The van der Waals surface area contributed by atoms with E-state index in [0.29, 0.717) is 11.1 Å². The van der Waals surface area contributed by atoms with Crippen molar-refractivity contribution in [3.8, 4) is 11.5 Å². The molecule has 3 rings (SSSR count). The summed E-state index contributed by atoms with van der Waals surface area (Å²) in [6, 6.07) is -7.72. The molecule has 19 amide bonds. The highest BCUT2D eigenvalue weighted by Crippen LogP contribution is 2.19. The van der Waals surface area contributed by atoms with Crippen molar-refractivity contribution >= 4 is 136 Å². The maximum atomic E-state index is 15.1. The highest BCUT2D eigenvalue weighted by atomic mass is 32.2. The first-order valence-corrected chi connectivity index (χ1v) is 42.8. The summed E-state index contributed by atoms with van der Waals surface area (Å²) in [6.07, 6.45) is -10.8. The van der Waals surface area contributed by atoms with Gasteiger partial charge in [0.15, 0.2) is 11.9 Å². The molecule has 0 aliphatic rings. The van der Waals surface area contributed by atoms with E-state index in [1.54, 1.807) is 30.4 Å². The summed E-state index contributed by atoms with van der Waals surface area (Å²) < 4.78 is 40.1. The van der Waals surface area contributed by atoms with Crippen molar-refractivity contribution in [3.05, 3.63) is 95.6 Å². The number of aliphatic hydroxyl groups excluding tert-OH is 4. The zero-order valence-electron chi connectivity index (χ0n) is 73.2. The zero-order valence-corrected chi connectivity index (χ0v) is 74.0. The van der Waals surface area contributed by atoms with Crippen molar-refractivity contribution in [2.45, 2.75) is 195 Å². The molecule has 15 atom stereocenters. The number of amides is 19. The fourth-order valence-corrected chi connectivity index (χ4v) is 13.2. The van der Waals surface area contributed by atoms with Crippen LogP contribution in [-0.4, -0.2) is 303 Å². The maximum Gasteiger partial charge on any atom is 0.471 e. The van der Waals surface area contributed by atoms with Crippen LogP contribution in [0, 0.1) is 16.7 Å². The second kappa shape index (κ2) is 58.5. The van der Waals surface area contributed by atoms with Gasteiger partial charge in [-0.15, -0.1) is 11.8 Å². The normalized spacial score (nSPS) is 14.4. The van der Waals surface area contributed by atoms with Crippen LogP contribution in [0.1, 0.15) is 102 Å². The van der Waals surface area contributed by atoms with E-state index in [1.165, 1.54) is 55.5 Å². The topological polar surface area (TPSA) is 854 Å². The Kier molecular flexibility index (Phi) is 49.7. The van der Waals surface area contributed by atoms with E-state index >= 15 is 14.4 Å². The Morgan fingerprint density at radius 2 is 0.664 bits per heavy atom. The van der Waals surface area contributed by atoms with E-state index in [-0.39, 0.29) is 86.6 Å². The first kappa shape index (κ1) is 114. The molecule has 0 saturated heterocycles. The average Bonchev–Trinajstić information content (AvgIpc) is 0.846. The number of nitrogens with two attached hydrogens (primary N) is 6. The molecule has 134 heavy (non-hydrogen) atoms. The van der Waals surface area contributed by atoms with Crippen molar-refractivity contribution in [2.75, 3.05) is 57.6 Å². The summed E-state index contributed by atoms with van der Waals surface area (Å²) in [5.74, 6) is -26.9. The third kappa shape index (κ3) is 42.7. The fourth-order valence-electron chi connectivity index (χ4n) is 12.4. The van der Waals surface area contributed by atoms with Crippen molar-refractivity contribution < 1.29 is 135 Å². The van der Waals surface area contributed by atoms with Gasteiger partial charge < -0.3 is 155 Å². The van der Waals surface area contributed by atoms with Gasteiger partial charge in [0, 0.05) is 51.6 Å². The number of thioether (sulfide) groups is 1. The lowest BCUT2D eigenvalue weighted by molar-refractivity contribution is -0.173. The van der Waals surface area contributed by atoms with Crippen LogP contribution >= 0.6 is 11.8 Å². The second-order valence-electron chi connectivity index (χ2n) is 30.5. The highest BCUT2D eigenvalue weighted by molar-refractivity contribution is 8.00. The molecule has 3 aromatic rings. The van der Waals surface area contributed by atoms with E-state index in [4.69, 9.17) is 45.2 Å². The van der Waals surface area contributed by atoms with Gasteiger partial charge in [-0.2, -0.15) is 13.2 Å². The predicted molar refractivity (Wildman–Crippen MR) is 469 cm³/mol. The van der Waals surface area contributed by atoms with Crippen LogP contribution in [0.2, 0.25) is 0 Å². The molecule has 0 aliphatic heterocycles. The number of hydrogen-bond acceptors (Lipinski definition) is 28. The lowest BCUT2D eigenvalue weighted by atomic mass is 9.96. The van der Waals surface area contributed by atoms with E-state index in [1.807, 2.05) is 10.6 Å². The van der Waals surface area contributed by atoms with Crippen LogP contribution < -0.4 is 125 Å². The number of phenols is 2. The minimum absolute atomic E-state index is 0.0404. The Balaban J connectivity index is 2.11. The number of benzene rings is 3. The second-order valence-corrected chi connectivity index (χ2v) is 31.5. The van der Waals surface area contributed by atoms with Crippen molar-refractivity contribution in [1.29, 1.82) is 10.8 Å². The molecule has 50 nitrogen and oxygen atoms in total. The number of carbonyl (C=O) groups excluding carboxylic acids is 19. The number of alkyl halides is 3. The predicted octanol–water partition coefficient (Wildman–Crippen LogP) is -11.2. The van der Waals surface area contributed by atoms with E-state index in [9.17, 15) is 121 Å². The Labute approximate surface area is 768 Å². The van der Waals surface area contributed by atoms with E-state index in [0.717, 1.165) is 30.8 Å². The number of nitrogens with one attached hydrogen (secondary N) is 19. The molecular formula is C80H118F3N25O25S. The molecule has 0 radical (unpaired) electrons. The highest BCUT2D eigenvalue weighted by Gasteiger charge is 2.41. The molecule has 37 N–H and O–H groups in total. The number of aromatic hydroxyl groups is 2. The van der Waals surface area contributed by atoms with Gasteiger partial charge in [0.05, 0.1) is 45.0 Å². The molecule has 0 unspecified atom stereocenters. The molecule has 54 heteroatoms. The first-order valence-electron chi connectivity index (χ1n) is 41.6. The fraction of sp³-hybridized carbons (Fsp3) is 0.512. The van der Waals surface area contributed by atoms with E-state index in [2.05, 4.69) is 74.4 Å². The van der Waals surface area contributed by atoms with Crippen molar-refractivity contribution in [1.82, 2.24) is 90.4 Å².